The van der Waals surface area contributed by atoms with Crippen LogP contribution in [0.2, 0.25) is 0 Å². The molecule has 1 aliphatic heterocycles. The molecule has 14 heavy (non-hydrogen) atoms. The van der Waals surface area contributed by atoms with E-state index in [-0.39, 0.29) is 0 Å². The van der Waals surface area contributed by atoms with Crippen LogP contribution < -0.4 is 0 Å². The Balaban J connectivity index is 3.44. The van der Waals surface area contributed by atoms with Crippen LogP contribution in [-0.2, 0) is 9.05 Å². The number of hydrogen-bond donors (Lipinski definition) is 0. The second-order valence-electron chi connectivity index (χ2n) is 2.39. The Morgan fingerprint density at radius 1 is 0.857 bits per heavy atom. The Labute approximate surface area is 79.9 Å². The smallest absolute Gasteiger partial charge is 0.307 e. The molecule has 0 aromatic heterocycles. The van der Waals surface area contributed by atoms with Gasteiger partial charge in [-0.2, -0.15) is 21.6 Å². The van der Waals surface area contributed by atoms with Gasteiger partial charge in [0.2, 0.25) is 7.52 Å². The standard InChI is InChI=1S/C3H9F3N3O2P3/c1-10-13(5)7-12(3,4)8-14(6,9-13)11-2/h1-3H3. The molecule has 0 fully saturated rings. The van der Waals surface area contributed by atoms with Crippen molar-refractivity contribution < 1.29 is 21.6 Å². The second-order valence-corrected chi connectivity index (χ2v) is 8.78. The Hall–Kier alpha value is 0.400. The molecule has 0 saturated heterocycles. The van der Waals surface area contributed by atoms with E-state index in [0.29, 0.717) is 0 Å². The molecule has 0 radical (unpaired) electrons. The van der Waals surface area contributed by atoms with E-state index >= 15 is 0 Å². The van der Waals surface area contributed by atoms with E-state index < -0.39 is 23.0 Å². The van der Waals surface area contributed by atoms with Gasteiger partial charge in [0.25, 0.3) is 0 Å². The summed E-state index contributed by atoms with van der Waals surface area (Å²) in [5.41, 5.74) is 0. The molecule has 5 nitrogen and oxygen atoms in total. The third-order valence-electron chi connectivity index (χ3n) is 1.23. The van der Waals surface area contributed by atoms with Gasteiger partial charge in [-0.15, -0.1) is 4.52 Å². The van der Waals surface area contributed by atoms with Crippen LogP contribution in [0.5, 0.6) is 0 Å². The summed E-state index contributed by atoms with van der Waals surface area (Å²) in [5, 5.41) is 0. The van der Waals surface area contributed by atoms with Gasteiger partial charge in [0.15, 0.2) is 0 Å². The van der Waals surface area contributed by atoms with Gasteiger partial charge in [-0.1, -0.05) is 0 Å². The van der Waals surface area contributed by atoms with Crippen LogP contribution in [0.25, 0.3) is 0 Å². The summed E-state index contributed by atoms with van der Waals surface area (Å²) in [7, 11) is -10.4. The van der Waals surface area contributed by atoms with Gasteiger partial charge in [0.05, 0.1) is 0 Å². The number of nitrogens with zero attached hydrogens (tertiary/aromatic N) is 3. The maximum Gasteiger partial charge on any atom is 0.385 e. The lowest BCUT2D eigenvalue weighted by Gasteiger charge is -2.19. The average molecular weight is 269 g/mol. The Bertz CT molecular complexity index is 392. The lowest BCUT2D eigenvalue weighted by Crippen LogP contribution is -1.83. The predicted molar refractivity (Wildman–Crippen MR) is 51.3 cm³/mol. The maximum absolute atomic E-state index is 13.5. The molecule has 0 aromatic rings. The molecule has 1 rings (SSSR count). The van der Waals surface area contributed by atoms with Crippen molar-refractivity contribution >= 4 is 23.0 Å². The molecule has 0 aliphatic carbocycles. The minimum absolute atomic E-state index is 0.919. The fourth-order valence-corrected chi connectivity index (χ4v) is 7.61. The highest BCUT2D eigenvalue weighted by atomic mass is 31.3. The van der Waals surface area contributed by atoms with Crippen molar-refractivity contribution in [2.24, 2.45) is 13.5 Å². The minimum Gasteiger partial charge on any atom is -0.307 e. The summed E-state index contributed by atoms with van der Waals surface area (Å²) < 4.78 is 57.9. The van der Waals surface area contributed by atoms with Crippen LogP contribution in [0.1, 0.15) is 0 Å². The van der Waals surface area contributed by atoms with E-state index in [0.717, 1.165) is 20.9 Å². The van der Waals surface area contributed by atoms with Crippen molar-refractivity contribution in [3.63, 3.8) is 0 Å². The molecule has 3 unspecified atom stereocenters. The highest BCUT2D eigenvalue weighted by Gasteiger charge is 2.36. The van der Waals surface area contributed by atoms with Crippen LogP contribution in [0.15, 0.2) is 13.5 Å². The van der Waals surface area contributed by atoms with E-state index in [9.17, 15) is 12.6 Å². The highest BCUT2D eigenvalue weighted by molar-refractivity contribution is 7.79. The molecular formula is C3H9F3N3O2P3. The number of hydrogen-bond acceptors (Lipinski definition) is 5. The molecule has 1 aliphatic rings. The fraction of sp³-hybridized carbons (Fsp3) is 1.00. The normalized spacial score (nSPS) is 47.6. The first-order valence-electron chi connectivity index (χ1n) is 3.34. The SMILES string of the molecule is COP1(F)=NP(C)(F)=NP(F)(OC)=N1. The van der Waals surface area contributed by atoms with Crippen molar-refractivity contribution in [1.29, 1.82) is 0 Å². The number of rotatable bonds is 2. The van der Waals surface area contributed by atoms with Crippen molar-refractivity contribution in [1.82, 2.24) is 0 Å². The fourth-order valence-electron chi connectivity index (χ4n) is 0.739. The molecular weight excluding hydrogens is 260 g/mol. The molecule has 0 aromatic carbocycles. The topological polar surface area (TPSA) is 55.5 Å². The van der Waals surface area contributed by atoms with Crippen molar-refractivity contribution in [3.8, 4) is 0 Å². The lowest BCUT2D eigenvalue weighted by atomic mass is 11.8. The second kappa shape index (κ2) is 3.76. The van der Waals surface area contributed by atoms with Gasteiger partial charge in [0, 0.05) is 20.9 Å². The maximum atomic E-state index is 13.5. The lowest BCUT2D eigenvalue weighted by molar-refractivity contribution is 0.407. The Kier molecular flexibility index (Phi) is 3.35. The van der Waals surface area contributed by atoms with Gasteiger partial charge >= 0.3 is 15.5 Å². The average Bonchev–Trinajstić information content (AvgIpc) is 2.00. The summed E-state index contributed by atoms with van der Waals surface area (Å²) in [6, 6.07) is 0. The summed E-state index contributed by atoms with van der Waals surface area (Å²) in [4.78, 5) is 0. The summed E-state index contributed by atoms with van der Waals surface area (Å²) >= 11 is 0. The summed E-state index contributed by atoms with van der Waals surface area (Å²) in [6.07, 6.45) is 0. The van der Waals surface area contributed by atoms with E-state index in [1.165, 1.54) is 0 Å². The van der Waals surface area contributed by atoms with Gasteiger partial charge in [0.1, 0.15) is 0 Å². The molecule has 0 spiro atoms. The van der Waals surface area contributed by atoms with Crippen LogP contribution in [0.3, 0.4) is 0 Å². The minimum atomic E-state index is -4.22. The van der Waals surface area contributed by atoms with Gasteiger partial charge in [-0.25, -0.2) is 0 Å². The largest absolute Gasteiger partial charge is 0.385 e. The third kappa shape index (κ3) is 2.71. The van der Waals surface area contributed by atoms with E-state index in [2.05, 4.69) is 22.6 Å². The molecule has 84 valence electrons. The molecule has 0 bridgehead atoms. The van der Waals surface area contributed by atoms with Crippen LogP contribution in [0.4, 0.5) is 12.6 Å². The zero-order chi connectivity index (χ0) is 11.0. The first-order chi connectivity index (χ1) is 6.24. The van der Waals surface area contributed by atoms with E-state index in [1.807, 2.05) is 0 Å². The third-order valence-corrected chi connectivity index (χ3v) is 8.30. The molecule has 3 atom stereocenters. The highest BCUT2D eigenvalue weighted by Crippen LogP contribution is 2.79. The van der Waals surface area contributed by atoms with E-state index in [4.69, 9.17) is 0 Å². The van der Waals surface area contributed by atoms with Crippen molar-refractivity contribution in [2.75, 3.05) is 20.9 Å². The molecule has 0 amide bonds. The van der Waals surface area contributed by atoms with Crippen LogP contribution in [-0.4, -0.2) is 20.9 Å². The number of halogens is 3. The predicted octanol–water partition coefficient (Wildman–Crippen LogP) is 4.75. The summed E-state index contributed by atoms with van der Waals surface area (Å²) in [5.74, 6) is 0. The van der Waals surface area contributed by atoms with E-state index in [1.54, 1.807) is 0 Å². The van der Waals surface area contributed by atoms with Crippen LogP contribution >= 0.6 is 23.0 Å². The molecule has 0 N–H and O–H groups in total. The molecule has 0 saturated carbocycles. The Morgan fingerprint density at radius 2 is 1.29 bits per heavy atom. The van der Waals surface area contributed by atoms with Crippen molar-refractivity contribution in [3.05, 3.63) is 0 Å². The Morgan fingerprint density at radius 3 is 1.71 bits per heavy atom. The monoisotopic (exact) mass is 269 g/mol. The van der Waals surface area contributed by atoms with Crippen LogP contribution in [0, 0.1) is 0 Å². The summed E-state index contributed by atoms with van der Waals surface area (Å²) in [6.45, 7) is 0.919. The first-order valence-corrected chi connectivity index (χ1v) is 8.37. The zero-order valence-electron chi connectivity index (χ0n) is 7.63. The van der Waals surface area contributed by atoms with Gasteiger partial charge < -0.3 is 9.05 Å². The molecule has 11 heteroatoms. The molecule has 1 heterocycles. The first kappa shape index (κ1) is 12.5. The zero-order valence-corrected chi connectivity index (χ0v) is 10.3. The van der Waals surface area contributed by atoms with Gasteiger partial charge in [-0.3, -0.25) is 0 Å². The quantitative estimate of drug-likeness (QED) is 0.679. The van der Waals surface area contributed by atoms with Crippen molar-refractivity contribution in [2.45, 2.75) is 0 Å². The van der Waals surface area contributed by atoms with Gasteiger partial charge in [-0.05, 0) is 0 Å².